The fraction of sp³-hybridized carbons (Fsp3) is 0.214. The van der Waals surface area contributed by atoms with Crippen LogP contribution in [0.15, 0.2) is 49.2 Å². The normalized spacial score (nSPS) is 10.8. The van der Waals surface area contributed by atoms with Crippen molar-refractivity contribution in [2.24, 2.45) is 7.05 Å². The molecule has 0 N–H and O–H groups in total. The van der Waals surface area contributed by atoms with Crippen LogP contribution in [0, 0.1) is 0 Å². The highest BCUT2D eigenvalue weighted by atomic mass is 15.3. The summed E-state index contributed by atoms with van der Waals surface area (Å²) in [5, 5.41) is 8.56. The SMILES string of the molecule is Cn1cc(CCn2nccc2-c2ccncc2)cn1. The Morgan fingerprint density at radius 2 is 1.89 bits per heavy atom. The van der Waals surface area contributed by atoms with Crippen molar-refractivity contribution in [3.8, 4) is 11.3 Å². The second kappa shape index (κ2) is 5.06. The average molecular weight is 253 g/mol. The summed E-state index contributed by atoms with van der Waals surface area (Å²) in [5.41, 5.74) is 3.48. The Labute approximate surface area is 111 Å². The van der Waals surface area contributed by atoms with Gasteiger partial charge < -0.3 is 0 Å². The maximum atomic E-state index is 4.38. The molecule has 96 valence electrons. The first-order valence-corrected chi connectivity index (χ1v) is 6.22. The van der Waals surface area contributed by atoms with Gasteiger partial charge in [0, 0.05) is 43.9 Å². The van der Waals surface area contributed by atoms with Crippen molar-refractivity contribution >= 4 is 0 Å². The maximum absolute atomic E-state index is 4.38. The molecule has 0 bridgehead atoms. The van der Waals surface area contributed by atoms with E-state index in [9.17, 15) is 0 Å². The zero-order valence-corrected chi connectivity index (χ0v) is 10.8. The monoisotopic (exact) mass is 253 g/mol. The lowest BCUT2D eigenvalue weighted by Crippen LogP contribution is -2.04. The van der Waals surface area contributed by atoms with Gasteiger partial charge in [0.05, 0.1) is 11.9 Å². The molecule has 0 saturated carbocycles. The third-order valence-electron chi connectivity index (χ3n) is 3.06. The third-order valence-corrected chi connectivity index (χ3v) is 3.06. The van der Waals surface area contributed by atoms with Crippen molar-refractivity contribution in [1.82, 2.24) is 24.5 Å². The van der Waals surface area contributed by atoms with Gasteiger partial charge in [0.15, 0.2) is 0 Å². The van der Waals surface area contributed by atoms with Crippen LogP contribution >= 0.6 is 0 Å². The van der Waals surface area contributed by atoms with Crippen LogP contribution in [0.3, 0.4) is 0 Å². The standard InChI is InChI=1S/C14H15N5/c1-18-11-12(10-17-18)5-9-19-14(4-8-16-19)13-2-6-15-7-3-13/h2-4,6-8,10-11H,5,9H2,1H3. The molecule has 3 aromatic rings. The van der Waals surface area contributed by atoms with E-state index in [4.69, 9.17) is 0 Å². The minimum absolute atomic E-state index is 0.844. The van der Waals surface area contributed by atoms with Gasteiger partial charge in [-0.05, 0) is 30.2 Å². The summed E-state index contributed by atoms with van der Waals surface area (Å²) >= 11 is 0. The van der Waals surface area contributed by atoms with Gasteiger partial charge in [0.25, 0.3) is 0 Å². The first kappa shape index (κ1) is 11.6. The molecule has 0 aromatic carbocycles. The number of aryl methyl sites for hydroxylation is 3. The molecule has 3 aromatic heterocycles. The second-order valence-corrected chi connectivity index (χ2v) is 4.45. The van der Waals surface area contributed by atoms with Gasteiger partial charge in [-0.25, -0.2) is 0 Å². The predicted molar refractivity (Wildman–Crippen MR) is 72.4 cm³/mol. The number of pyridine rings is 1. The van der Waals surface area contributed by atoms with E-state index in [1.54, 1.807) is 12.4 Å². The molecule has 0 spiro atoms. The van der Waals surface area contributed by atoms with Crippen molar-refractivity contribution in [2.75, 3.05) is 0 Å². The summed E-state index contributed by atoms with van der Waals surface area (Å²) in [6.07, 6.45) is 10.3. The molecular formula is C14H15N5. The van der Waals surface area contributed by atoms with E-state index in [2.05, 4.69) is 15.2 Å². The van der Waals surface area contributed by atoms with Gasteiger partial charge in [-0.15, -0.1) is 0 Å². The molecule has 5 nitrogen and oxygen atoms in total. The van der Waals surface area contributed by atoms with E-state index in [0.717, 1.165) is 24.2 Å². The first-order chi connectivity index (χ1) is 9.33. The first-order valence-electron chi connectivity index (χ1n) is 6.22. The lowest BCUT2D eigenvalue weighted by atomic mass is 10.2. The molecule has 0 saturated heterocycles. The van der Waals surface area contributed by atoms with Crippen molar-refractivity contribution < 1.29 is 0 Å². The average Bonchev–Trinajstić information content (AvgIpc) is 3.06. The van der Waals surface area contributed by atoms with E-state index in [0.29, 0.717) is 0 Å². The Morgan fingerprint density at radius 1 is 1.05 bits per heavy atom. The van der Waals surface area contributed by atoms with Gasteiger partial charge in [0.2, 0.25) is 0 Å². The molecule has 0 amide bonds. The van der Waals surface area contributed by atoms with Crippen molar-refractivity contribution in [2.45, 2.75) is 13.0 Å². The van der Waals surface area contributed by atoms with Gasteiger partial charge in [0.1, 0.15) is 0 Å². The minimum Gasteiger partial charge on any atom is -0.276 e. The Hall–Kier alpha value is -2.43. The van der Waals surface area contributed by atoms with Crippen molar-refractivity contribution in [1.29, 1.82) is 0 Å². The van der Waals surface area contributed by atoms with Crippen LogP contribution in [0.4, 0.5) is 0 Å². The second-order valence-electron chi connectivity index (χ2n) is 4.45. The largest absolute Gasteiger partial charge is 0.276 e. The summed E-state index contributed by atoms with van der Waals surface area (Å²) in [6, 6.07) is 6.02. The molecular weight excluding hydrogens is 238 g/mol. The minimum atomic E-state index is 0.844. The molecule has 0 fully saturated rings. The van der Waals surface area contributed by atoms with Gasteiger partial charge in [-0.3, -0.25) is 14.3 Å². The van der Waals surface area contributed by atoms with Gasteiger partial charge in [-0.1, -0.05) is 0 Å². The van der Waals surface area contributed by atoms with Crippen LogP contribution < -0.4 is 0 Å². The van der Waals surface area contributed by atoms with E-state index < -0.39 is 0 Å². The van der Waals surface area contributed by atoms with Crippen LogP contribution in [0.25, 0.3) is 11.3 Å². The fourth-order valence-corrected chi connectivity index (χ4v) is 2.11. The quantitative estimate of drug-likeness (QED) is 0.713. The number of hydrogen-bond acceptors (Lipinski definition) is 3. The lowest BCUT2D eigenvalue weighted by molar-refractivity contribution is 0.621. The molecule has 0 aliphatic rings. The molecule has 5 heteroatoms. The number of nitrogens with zero attached hydrogens (tertiary/aromatic N) is 5. The lowest BCUT2D eigenvalue weighted by Gasteiger charge is -2.06. The van der Waals surface area contributed by atoms with Gasteiger partial charge >= 0.3 is 0 Å². The predicted octanol–water partition coefficient (Wildman–Crippen LogP) is 1.92. The highest BCUT2D eigenvalue weighted by Crippen LogP contribution is 2.17. The maximum Gasteiger partial charge on any atom is 0.0683 e. The number of hydrogen-bond donors (Lipinski definition) is 0. The molecule has 0 radical (unpaired) electrons. The molecule has 3 rings (SSSR count). The Bertz CT molecular complexity index is 653. The summed E-state index contributed by atoms with van der Waals surface area (Å²) < 4.78 is 3.84. The number of rotatable bonds is 4. The Kier molecular flexibility index (Phi) is 3.10. The summed E-state index contributed by atoms with van der Waals surface area (Å²) in [4.78, 5) is 4.04. The topological polar surface area (TPSA) is 48.5 Å². The van der Waals surface area contributed by atoms with Crippen LogP contribution in [0.5, 0.6) is 0 Å². The Balaban J connectivity index is 1.77. The Morgan fingerprint density at radius 3 is 2.63 bits per heavy atom. The van der Waals surface area contributed by atoms with E-state index >= 15 is 0 Å². The van der Waals surface area contributed by atoms with Crippen LogP contribution in [0.1, 0.15) is 5.56 Å². The van der Waals surface area contributed by atoms with Gasteiger partial charge in [-0.2, -0.15) is 10.2 Å². The molecule has 0 aliphatic carbocycles. The van der Waals surface area contributed by atoms with Crippen molar-refractivity contribution in [3.63, 3.8) is 0 Å². The van der Waals surface area contributed by atoms with Crippen LogP contribution in [-0.2, 0) is 20.0 Å². The molecule has 0 atom stereocenters. The molecule has 0 aliphatic heterocycles. The highest BCUT2D eigenvalue weighted by Gasteiger charge is 2.05. The summed E-state index contributed by atoms with van der Waals surface area (Å²) in [5.74, 6) is 0. The van der Waals surface area contributed by atoms with E-state index in [1.807, 2.05) is 53.2 Å². The zero-order valence-electron chi connectivity index (χ0n) is 10.8. The molecule has 19 heavy (non-hydrogen) atoms. The smallest absolute Gasteiger partial charge is 0.0683 e. The van der Waals surface area contributed by atoms with Crippen molar-refractivity contribution in [3.05, 3.63) is 54.7 Å². The fourth-order valence-electron chi connectivity index (χ4n) is 2.11. The highest BCUT2D eigenvalue weighted by molar-refractivity contribution is 5.58. The van der Waals surface area contributed by atoms with E-state index in [-0.39, 0.29) is 0 Å². The van der Waals surface area contributed by atoms with Crippen LogP contribution in [0.2, 0.25) is 0 Å². The summed E-state index contributed by atoms with van der Waals surface area (Å²) in [7, 11) is 1.93. The summed E-state index contributed by atoms with van der Waals surface area (Å²) in [6.45, 7) is 0.844. The third kappa shape index (κ3) is 2.54. The molecule has 0 unspecified atom stereocenters. The van der Waals surface area contributed by atoms with E-state index in [1.165, 1.54) is 5.56 Å². The van der Waals surface area contributed by atoms with Crippen LogP contribution in [-0.4, -0.2) is 24.5 Å². The number of aromatic nitrogens is 5. The zero-order chi connectivity index (χ0) is 13.1. The molecule has 3 heterocycles.